The quantitative estimate of drug-likeness (QED) is 0.835. The molecule has 1 aromatic heterocycles. The second-order valence-corrected chi connectivity index (χ2v) is 5.23. The van der Waals surface area contributed by atoms with E-state index < -0.39 is 0 Å². The van der Waals surface area contributed by atoms with Crippen LogP contribution >= 0.6 is 0 Å². The molecule has 1 aromatic rings. The third-order valence-corrected chi connectivity index (χ3v) is 3.86. The minimum atomic E-state index is 0.203. The largest absolute Gasteiger partial charge is 0.378 e. The summed E-state index contributed by atoms with van der Waals surface area (Å²) in [5, 5.41) is 7.60. The van der Waals surface area contributed by atoms with Crippen LogP contribution in [0.1, 0.15) is 33.0 Å². The number of aromatic nitrogens is 3. The Balaban J connectivity index is 1.84. The first-order chi connectivity index (χ1) is 8.05. The molecule has 1 heterocycles. The van der Waals surface area contributed by atoms with Crippen molar-refractivity contribution in [2.24, 2.45) is 12.5 Å². The fraction of sp³-hybridized carbons (Fsp3) is 0.833. The van der Waals surface area contributed by atoms with Crippen LogP contribution in [0.2, 0.25) is 0 Å². The fourth-order valence-corrected chi connectivity index (χ4v) is 2.41. The first-order valence-corrected chi connectivity index (χ1v) is 6.23. The van der Waals surface area contributed by atoms with Gasteiger partial charge in [-0.3, -0.25) is 4.68 Å². The van der Waals surface area contributed by atoms with Crippen molar-refractivity contribution in [3.05, 3.63) is 12.2 Å². The summed E-state index contributed by atoms with van der Waals surface area (Å²) < 4.78 is 7.52. The Labute approximate surface area is 103 Å². The van der Waals surface area contributed by atoms with Gasteiger partial charge in [-0.2, -0.15) is 5.10 Å². The van der Waals surface area contributed by atoms with E-state index in [4.69, 9.17) is 4.74 Å². The first kappa shape index (κ1) is 12.5. The van der Waals surface area contributed by atoms with Gasteiger partial charge in [-0.25, -0.2) is 4.98 Å². The van der Waals surface area contributed by atoms with Gasteiger partial charge in [0.2, 0.25) is 0 Å². The van der Waals surface area contributed by atoms with Gasteiger partial charge in [0, 0.05) is 25.1 Å². The maximum atomic E-state index is 5.71. The molecule has 1 aliphatic rings. The summed E-state index contributed by atoms with van der Waals surface area (Å²) in [4.78, 5) is 4.21. The monoisotopic (exact) mass is 238 g/mol. The Hall–Kier alpha value is -0.940. The Morgan fingerprint density at radius 3 is 2.88 bits per heavy atom. The van der Waals surface area contributed by atoms with Gasteiger partial charge in [-0.05, 0) is 13.3 Å². The molecule has 0 aliphatic heterocycles. The van der Waals surface area contributed by atoms with E-state index in [0.29, 0.717) is 12.1 Å². The first-order valence-electron chi connectivity index (χ1n) is 6.23. The Morgan fingerprint density at radius 2 is 2.35 bits per heavy atom. The number of aryl methyl sites for hydroxylation is 1. The lowest BCUT2D eigenvalue weighted by atomic mass is 9.64. The number of nitrogens with zero attached hydrogens (tertiary/aromatic N) is 3. The summed E-state index contributed by atoms with van der Waals surface area (Å²) in [6.07, 6.45) is 3.05. The molecule has 5 nitrogen and oxygen atoms in total. The van der Waals surface area contributed by atoms with Gasteiger partial charge in [0.1, 0.15) is 12.2 Å². The second kappa shape index (κ2) is 4.74. The molecule has 0 saturated heterocycles. The smallest absolute Gasteiger partial charge is 0.140 e. The van der Waals surface area contributed by atoms with Crippen molar-refractivity contribution >= 4 is 0 Å². The van der Waals surface area contributed by atoms with Gasteiger partial charge in [0.25, 0.3) is 0 Å². The van der Waals surface area contributed by atoms with Crippen molar-refractivity contribution in [2.45, 2.75) is 45.9 Å². The lowest BCUT2D eigenvalue weighted by Gasteiger charge is -2.51. The Kier molecular flexibility index (Phi) is 3.49. The predicted octanol–water partition coefficient (Wildman–Crippen LogP) is 1.11. The molecule has 1 saturated carbocycles. The van der Waals surface area contributed by atoms with Crippen molar-refractivity contribution < 1.29 is 4.74 Å². The highest BCUT2D eigenvalue weighted by Gasteiger charge is 2.48. The maximum absolute atomic E-state index is 5.71. The van der Waals surface area contributed by atoms with Crippen LogP contribution in [-0.4, -0.2) is 33.5 Å². The van der Waals surface area contributed by atoms with Crippen molar-refractivity contribution in [3.8, 4) is 0 Å². The van der Waals surface area contributed by atoms with Crippen LogP contribution in [0.15, 0.2) is 6.33 Å². The topological polar surface area (TPSA) is 52.0 Å². The van der Waals surface area contributed by atoms with E-state index in [1.807, 2.05) is 7.05 Å². The minimum Gasteiger partial charge on any atom is -0.378 e. The Morgan fingerprint density at radius 1 is 1.59 bits per heavy atom. The summed E-state index contributed by atoms with van der Waals surface area (Å²) in [6, 6.07) is 0.496. The SMILES string of the molecule is CCOC1CC(NCc2ncnn2C)C1(C)C. The van der Waals surface area contributed by atoms with Gasteiger partial charge in [-0.15, -0.1) is 0 Å². The van der Waals surface area contributed by atoms with E-state index >= 15 is 0 Å². The normalized spacial score (nSPS) is 26.8. The number of nitrogens with one attached hydrogen (secondary N) is 1. The molecule has 0 bridgehead atoms. The average molecular weight is 238 g/mol. The molecule has 0 aromatic carbocycles. The van der Waals surface area contributed by atoms with Gasteiger partial charge >= 0.3 is 0 Å². The molecule has 5 heteroatoms. The van der Waals surface area contributed by atoms with Crippen molar-refractivity contribution in [3.63, 3.8) is 0 Å². The molecule has 1 aliphatic carbocycles. The molecule has 2 rings (SSSR count). The number of rotatable bonds is 5. The number of hydrogen-bond donors (Lipinski definition) is 1. The van der Waals surface area contributed by atoms with Crippen LogP contribution in [-0.2, 0) is 18.3 Å². The van der Waals surface area contributed by atoms with Gasteiger partial charge in [-0.1, -0.05) is 13.8 Å². The van der Waals surface area contributed by atoms with Crippen molar-refractivity contribution in [2.75, 3.05) is 6.61 Å². The molecule has 2 atom stereocenters. The summed E-state index contributed by atoms with van der Waals surface area (Å²) in [5.74, 6) is 0.973. The molecule has 0 radical (unpaired) electrons. The van der Waals surface area contributed by atoms with Crippen LogP contribution in [0.5, 0.6) is 0 Å². The summed E-state index contributed by atoms with van der Waals surface area (Å²) in [5.41, 5.74) is 0.203. The number of ether oxygens (including phenoxy) is 1. The highest BCUT2D eigenvalue weighted by Crippen LogP contribution is 2.42. The molecule has 2 unspecified atom stereocenters. The average Bonchev–Trinajstić information content (AvgIpc) is 2.68. The molecule has 1 N–H and O–H groups in total. The van der Waals surface area contributed by atoms with Crippen LogP contribution < -0.4 is 5.32 Å². The standard InChI is InChI=1S/C12H22N4O/c1-5-17-10-6-9(12(10,2)3)13-7-11-14-8-15-16(11)4/h8-10,13H,5-7H2,1-4H3. The lowest BCUT2D eigenvalue weighted by Crippen LogP contribution is -2.60. The van der Waals surface area contributed by atoms with Crippen LogP contribution in [0.3, 0.4) is 0 Å². The molecule has 1 fully saturated rings. The van der Waals surface area contributed by atoms with Crippen LogP contribution in [0.4, 0.5) is 0 Å². The van der Waals surface area contributed by atoms with E-state index in [1.54, 1.807) is 11.0 Å². The fourth-order valence-electron chi connectivity index (χ4n) is 2.41. The molecule has 96 valence electrons. The van der Waals surface area contributed by atoms with Gasteiger partial charge < -0.3 is 10.1 Å². The van der Waals surface area contributed by atoms with E-state index in [-0.39, 0.29) is 5.41 Å². The number of hydrogen-bond acceptors (Lipinski definition) is 4. The van der Waals surface area contributed by atoms with Gasteiger partial charge in [0.05, 0.1) is 12.6 Å². The summed E-state index contributed by atoms with van der Waals surface area (Å²) >= 11 is 0. The molecule has 17 heavy (non-hydrogen) atoms. The molecular weight excluding hydrogens is 216 g/mol. The molecule has 0 spiro atoms. The predicted molar refractivity (Wildman–Crippen MR) is 65.4 cm³/mol. The minimum absolute atomic E-state index is 0.203. The van der Waals surface area contributed by atoms with E-state index in [2.05, 4.69) is 36.2 Å². The zero-order valence-electron chi connectivity index (χ0n) is 11.1. The van der Waals surface area contributed by atoms with Gasteiger partial charge in [0.15, 0.2) is 0 Å². The van der Waals surface area contributed by atoms with E-state index in [1.165, 1.54) is 0 Å². The lowest BCUT2D eigenvalue weighted by molar-refractivity contribution is -0.114. The van der Waals surface area contributed by atoms with Crippen LogP contribution in [0.25, 0.3) is 0 Å². The molecule has 0 amide bonds. The zero-order chi connectivity index (χ0) is 12.5. The van der Waals surface area contributed by atoms with Crippen LogP contribution in [0, 0.1) is 5.41 Å². The Bertz CT molecular complexity index is 374. The highest BCUT2D eigenvalue weighted by molar-refractivity contribution is 5.03. The van der Waals surface area contributed by atoms with Crippen molar-refractivity contribution in [1.29, 1.82) is 0 Å². The van der Waals surface area contributed by atoms with Crippen molar-refractivity contribution in [1.82, 2.24) is 20.1 Å². The van der Waals surface area contributed by atoms with E-state index in [9.17, 15) is 0 Å². The third kappa shape index (κ3) is 2.35. The zero-order valence-corrected chi connectivity index (χ0v) is 11.1. The second-order valence-electron chi connectivity index (χ2n) is 5.23. The molecular formula is C12H22N4O. The highest BCUT2D eigenvalue weighted by atomic mass is 16.5. The van der Waals surface area contributed by atoms with E-state index in [0.717, 1.165) is 25.4 Å². The summed E-state index contributed by atoms with van der Waals surface area (Å²) in [6.45, 7) is 8.13. The maximum Gasteiger partial charge on any atom is 0.140 e. The summed E-state index contributed by atoms with van der Waals surface area (Å²) in [7, 11) is 1.92. The third-order valence-electron chi connectivity index (χ3n) is 3.86.